The van der Waals surface area contributed by atoms with Gasteiger partial charge in [-0.25, -0.2) is 4.79 Å². The maximum atomic E-state index is 12.8. The number of likely N-dealkylation sites (N-methyl/N-ethyl adjacent to an activating group) is 2. The van der Waals surface area contributed by atoms with Gasteiger partial charge in [-0.15, -0.1) is 0 Å². The van der Waals surface area contributed by atoms with Crippen LogP contribution in [0.15, 0.2) is 0 Å². The molecule has 2 rings (SSSR count). The number of nitrogens with zero attached hydrogens (tertiary/aromatic N) is 4. The summed E-state index contributed by atoms with van der Waals surface area (Å²) in [4.78, 5) is 34.1. The van der Waals surface area contributed by atoms with Crippen LogP contribution in [0.25, 0.3) is 0 Å². The first kappa shape index (κ1) is 23.9. The van der Waals surface area contributed by atoms with Crippen molar-refractivity contribution >= 4 is 11.9 Å². The molecule has 1 unspecified atom stereocenters. The number of carbonyl (C=O) groups excluding carboxylic acids is 2. The van der Waals surface area contributed by atoms with Gasteiger partial charge in [0.05, 0.1) is 0 Å². The summed E-state index contributed by atoms with van der Waals surface area (Å²) in [6.07, 6.45) is 2.65. The van der Waals surface area contributed by atoms with E-state index >= 15 is 0 Å². The third kappa shape index (κ3) is 7.14. The number of urea groups is 1. The van der Waals surface area contributed by atoms with Crippen molar-refractivity contribution in [1.82, 2.24) is 24.9 Å². The molecule has 0 aromatic heterocycles. The third-order valence-electron chi connectivity index (χ3n) is 6.51. The molecular formula is C22H43N5O2. The number of piperidine rings is 1. The predicted octanol–water partition coefficient (Wildman–Crippen LogP) is 1.94. The van der Waals surface area contributed by atoms with Crippen LogP contribution in [0.3, 0.4) is 0 Å². The summed E-state index contributed by atoms with van der Waals surface area (Å²) >= 11 is 0. The molecule has 2 heterocycles. The van der Waals surface area contributed by atoms with Crippen LogP contribution in [-0.4, -0.2) is 104 Å². The first-order valence-corrected chi connectivity index (χ1v) is 11.6. The van der Waals surface area contributed by atoms with E-state index in [1.54, 1.807) is 0 Å². The normalized spacial score (nSPS) is 20.4. The minimum atomic E-state index is 0.0245. The lowest BCUT2D eigenvalue weighted by Crippen LogP contribution is -2.52. The standard InChI is InChI=1S/C22H43N5O2/c1-6-25(7-2)20(16-18(3)4)17-23-22(29)27-10-8-19(9-11-27)21(28)26-14-12-24(5)13-15-26/h18-20H,6-17H2,1-5H3,(H,23,29). The number of piperazine rings is 1. The van der Waals surface area contributed by atoms with Gasteiger partial charge in [-0.3, -0.25) is 9.69 Å². The topological polar surface area (TPSA) is 59.1 Å². The van der Waals surface area contributed by atoms with E-state index in [1.807, 2.05) is 9.80 Å². The Hall–Kier alpha value is -1.34. The Kier molecular flexibility index (Phi) is 9.69. The highest BCUT2D eigenvalue weighted by Gasteiger charge is 2.31. The van der Waals surface area contributed by atoms with Crippen LogP contribution in [0.4, 0.5) is 4.79 Å². The molecule has 7 heteroatoms. The van der Waals surface area contributed by atoms with Crippen LogP contribution < -0.4 is 5.32 Å². The summed E-state index contributed by atoms with van der Waals surface area (Å²) in [5, 5.41) is 3.16. The van der Waals surface area contributed by atoms with E-state index in [0.717, 1.165) is 58.5 Å². The van der Waals surface area contributed by atoms with Gasteiger partial charge < -0.3 is 20.0 Å². The van der Waals surface area contributed by atoms with Crippen LogP contribution >= 0.6 is 0 Å². The quantitative estimate of drug-likeness (QED) is 0.666. The molecule has 3 amide bonds. The Balaban J connectivity index is 1.77. The predicted molar refractivity (Wildman–Crippen MR) is 118 cm³/mol. The fourth-order valence-electron chi connectivity index (χ4n) is 4.58. The molecule has 0 aromatic rings. The number of hydrogen-bond acceptors (Lipinski definition) is 4. The summed E-state index contributed by atoms with van der Waals surface area (Å²) in [6, 6.07) is 0.404. The summed E-state index contributed by atoms with van der Waals surface area (Å²) in [7, 11) is 2.10. The molecule has 2 fully saturated rings. The second-order valence-corrected chi connectivity index (χ2v) is 9.08. The monoisotopic (exact) mass is 409 g/mol. The fraction of sp³-hybridized carbons (Fsp3) is 0.909. The van der Waals surface area contributed by atoms with Crippen molar-refractivity contribution in [3.05, 3.63) is 0 Å². The van der Waals surface area contributed by atoms with E-state index in [9.17, 15) is 9.59 Å². The average molecular weight is 410 g/mol. The van der Waals surface area contributed by atoms with Crippen LogP contribution in [0.5, 0.6) is 0 Å². The van der Waals surface area contributed by atoms with Crippen molar-refractivity contribution < 1.29 is 9.59 Å². The summed E-state index contributed by atoms with van der Waals surface area (Å²) in [5.74, 6) is 0.970. The lowest BCUT2D eigenvalue weighted by atomic mass is 9.95. The van der Waals surface area contributed by atoms with Gasteiger partial charge >= 0.3 is 6.03 Å². The van der Waals surface area contributed by atoms with E-state index in [2.05, 4.69) is 49.9 Å². The summed E-state index contributed by atoms with van der Waals surface area (Å²) in [6.45, 7) is 16.5. The van der Waals surface area contributed by atoms with Gasteiger partial charge in [0.25, 0.3) is 0 Å². The van der Waals surface area contributed by atoms with Gasteiger partial charge in [-0.1, -0.05) is 27.7 Å². The lowest BCUT2D eigenvalue weighted by Gasteiger charge is -2.38. The van der Waals surface area contributed by atoms with Crippen LogP contribution in [0.1, 0.15) is 47.0 Å². The van der Waals surface area contributed by atoms with Crippen molar-refractivity contribution in [2.24, 2.45) is 11.8 Å². The molecule has 0 radical (unpaired) electrons. The molecule has 29 heavy (non-hydrogen) atoms. The van der Waals surface area contributed by atoms with Crippen LogP contribution in [0, 0.1) is 11.8 Å². The van der Waals surface area contributed by atoms with Crippen LogP contribution in [0.2, 0.25) is 0 Å². The molecule has 1 N–H and O–H groups in total. The van der Waals surface area contributed by atoms with Gasteiger partial charge in [0.2, 0.25) is 5.91 Å². The molecule has 0 aliphatic carbocycles. The Morgan fingerprint density at radius 3 is 2.07 bits per heavy atom. The molecule has 168 valence electrons. The summed E-state index contributed by atoms with van der Waals surface area (Å²) < 4.78 is 0. The van der Waals surface area contributed by atoms with E-state index in [1.165, 1.54) is 0 Å². The van der Waals surface area contributed by atoms with Gasteiger partial charge in [-0.2, -0.15) is 0 Å². The number of hydrogen-bond donors (Lipinski definition) is 1. The Morgan fingerprint density at radius 2 is 1.55 bits per heavy atom. The fourth-order valence-corrected chi connectivity index (χ4v) is 4.58. The van der Waals surface area contributed by atoms with Crippen molar-refractivity contribution in [2.45, 2.75) is 53.0 Å². The van der Waals surface area contributed by atoms with Crippen molar-refractivity contribution in [2.75, 3.05) is 66.0 Å². The zero-order valence-corrected chi connectivity index (χ0v) is 19.3. The number of carbonyl (C=O) groups is 2. The largest absolute Gasteiger partial charge is 0.340 e. The minimum Gasteiger partial charge on any atom is -0.340 e. The van der Waals surface area contributed by atoms with Gasteiger partial charge in [0.1, 0.15) is 0 Å². The molecule has 2 aliphatic heterocycles. The third-order valence-corrected chi connectivity index (χ3v) is 6.51. The molecule has 0 spiro atoms. The number of likely N-dealkylation sites (tertiary alicyclic amines) is 1. The molecular weight excluding hydrogens is 366 g/mol. The highest BCUT2D eigenvalue weighted by Crippen LogP contribution is 2.20. The second kappa shape index (κ2) is 11.7. The highest BCUT2D eigenvalue weighted by atomic mass is 16.2. The van der Waals surface area contributed by atoms with E-state index < -0.39 is 0 Å². The highest BCUT2D eigenvalue weighted by molar-refractivity contribution is 5.80. The number of amides is 3. The van der Waals surface area contributed by atoms with Gasteiger partial charge in [0.15, 0.2) is 0 Å². The van der Waals surface area contributed by atoms with Gasteiger partial charge in [-0.05, 0) is 45.3 Å². The van der Waals surface area contributed by atoms with Crippen molar-refractivity contribution in [3.63, 3.8) is 0 Å². The molecule has 0 aromatic carbocycles. The van der Waals surface area contributed by atoms with Crippen molar-refractivity contribution in [1.29, 1.82) is 0 Å². The Morgan fingerprint density at radius 1 is 0.966 bits per heavy atom. The average Bonchev–Trinajstić information content (AvgIpc) is 2.72. The Labute approximate surface area is 177 Å². The van der Waals surface area contributed by atoms with Crippen molar-refractivity contribution in [3.8, 4) is 0 Å². The van der Waals surface area contributed by atoms with Crippen LogP contribution in [-0.2, 0) is 4.79 Å². The maximum absolute atomic E-state index is 12.8. The molecule has 0 saturated carbocycles. The molecule has 7 nitrogen and oxygen atoms in total. The molecule has 2 saturated heterocycles. The molecule has 2 aliphatic rings. The summed E-state index contributed by atoms with van der Waals surface area (Å²) in [5.41, 5.74) is 0. The second-order valence-electron chi connectivity index (χ2n) is 9.08. The first-order valence-electron chi connectivity index (χ1n) is 11.6. The smallest absolute Gasteiger partial charge is 0.317 e. The minimum absolute atomic E-state index is 0.0245. The molecule has 0 bridgehead atoms. The first-order chi connectivity index (χ1) is 13.8. The zero-order chi connectivity index (χ0) is 21.4. The van der Waals surface area contributed by atoms with E-state index in [0.29, 0.717) is 31.6 Å². The number of rotatable bonds is 8. The SMILES string of the molecule is CCN(CC)C(CNC(=O)N1CCC(C(=O)N2CCN(C)CC2)CC1)CC(C)C. The molecule has 1 atom stereocenters. The maximum Gasteiger partial charge on any atom is 0.317 e. The lowest BCUT2D eigenvalue weighted by molar-refractivity contribution is -0.138. The zero-order valence-electron chi connectivity index (χ0n) is 19.3. The van der Waals surface area contributed by atoms with E-state index in [-0.39, 0.29) is 17.9 Å². The van der Waals surface area contributed by atoms with E-state index in [4.69, 9.17) is 0 Å². The van der Waals surface area contributed by atoms with Gasteiger partial charge in [0, 0.05) is 57.8 Å². The Bertz CT molecular complexity index is 507. The number of nitrogens with one attached hydrogen (secondary N) is 1.